The van der Waals surface area contributed by atoms with E-state index in [-0.39, 0.29) is 12.0 Å². The van der Waals surface area contributed by atoms with E-state index in [0.717, 1.165) is 30.5 Å². The van der Waals surface area contributed by atoms with E-state index in [2.05, 4.69) is 6.92 Å². The number of nitriles is 1. The second-order valence-corrected chi connectivity index (χ2v) is 8.20. The summed E-state index contributed by atoms with van der Waals surface area (Å²) in [5, 5.41) is 18.0. The van der Waals surface area contributed by atoms with Gasteiger partial charge in [0.2, 0.25) is 0 Å². The summed E-state index contributed by atoms with van der Waals surface area (Å²) < 4.78 is 5.21. The van der Waals surface area contributed by atoms with Crippen molar-refractivity contribution >= 4 is 23.7 Å². The highest BCUT2D eigenvalue weighted by molar-refractivity contribution is 5.93. The van der Waals surface area contributed by atoms with E-state index in [9.17, 15) is 14.9 Å². The zero-order valence-corrected chi connectivity index (χ0v) is 20.5. The summed E-state index contributed by atoms with van der Waals surface area (Å²) in [5.74, 6) is -1.40. The van der Waals surface area contributed by atoms with Gasteiger partial charge in [0, 0.05) is 19.3 Å². The Balaban J connectivity index is 2.37. The van der Waals surface area contributed by atoms with Crippen LogP contribution in [0.5, 0.6) is 0 Å². The zero-order valence-electron chi connectivity index (χ0n) is 20.5. The van der Waals surface area contributed by atoms with Gasteiger partial charge in [0.15, 0.2) is 0 Å². The van der Waals surface area contributed by atoms with Crippen molar-refractivity contribution in [1.29, 1.82) is 5.26 Å². The fourth-order valence-corrected chi connectivity index (χ4v) is 3.24. The minimum atomic E-state index is -0.816. The number of unbranched alkanes of at least 4 members (excludes halogenated alkanes) is 7. The first-order valence-corrected chi connectivity index (χ1v) is 12.1. The van der Waals surface area contributed by atoms with Crippen molar-refractivity contribution in [3.05, 3.63) is 59.7 Å². The van der Waals surface area contributed by atoms with Gasteiger partial charge in [0.25, 0.3) is 0 Å². The number of ether oxygens (including phenoxy) is 1. The topological polar surface area (TPSA) is 90.6 Å². The molecule has 0 heterocycles. The number of esters is 1. The Bertz CT molecular complexity index is 863. The van der Waals surface area contributed by atoms with Crippen molar-refractivity contribution in [2.24, 2.45) is 0 Å². The maximum Gasteiger partial charge on any atom is 0.348 e. The number of hydrogen-bond acceptors (Lipinski definition) is 5. The number of hydrogen-bond donors (Lipinski definition) is 1. The monoisotopic (exact) mass is 466 g/mol. The molecule has 0 aliphatic carbocycles. The van der Waals surface area contributed by atoms with Crippen molar-refractivity contribution in [3.8, 4) is 6.07 Å². The van der Waals surface area contributed by atoms with Crippen LogP contribution in [0.3, 0.4) is 0 Å². The summed E-state index contributed by atoms with van der Waals surface area (Å²) in [6, 6.07) is 9.64. The normalized spacial score (nSPS) is 11.6. The first kappa shape index (κ1) is 28.7. The molecule has 0 spiro atoms. The molecule has 0 fully saturated rings. The van der Waals surface area contributed by atoms with Gasteiger partial charge in [-0.3, -0.25) is 4.79 Å². The van der Waals surface area contributed by atoms with Gasteiger partial charge in [-0.1, -0.05) is 88.3 Å². The van der Waals surface area contributed by atoms with Crippen molar-refractivity contribution < 1.29 is 19.4 Å². The maximum atomic E-state index is 12.0. The molecule has 0 unspecified atom stereocenters. The second kappa shape index (κ2) is 18.1. The average Bonchev–Trinajstić information content (AvgIpc) is 2.84. The number of aliphatic carboxylic acids is 1. The third-order valence-corrected chi connectivity index (χ3v) is 5.34. The third kappa shape index (κ3) is 13.3. The van der Waals surface area contributed by atoms with Crippen LogP contribution < -0.4 is 4.90 Å². The summed E-state index contributed by atoms with van der Waals surface area (Å²) in [4.78, 5) is 24.6. The average molecular weight is 467 g/mol. The molecule has 0 amide bonds. The lowest BCUT2D eigenvalue weighted by molar-refractivity contribution is -0.139. The molecule has 0 aliphatic heterocycles. The lowest BCUT2D eigenvalue weighted by Gasteiger charge is -2.18. The number of nitrogens with zero attached hydrogens (tertiary/aromatic N) is 2. The Morgan fingerprint density at radius 1 is 1.00 bits per heavy atom. The smallest absolute Gasteiger partial charge is 0.348 e. The van der Waals surface area contributed by atoms with E-state index in [4.69, 9.17) is 9.84 Å². The lowest BCUT2D eigenvalue weighted by atomic mass is 10.1. The van der Waals surface area contributed by atoms with Gasteiger partial charge in [-0.2, -0.15) is 5.26 Å². The van der Waals surface area contributed by atoms with Crippen LogP contribution in [-0.4, -0.2) is 37.2 Å². The van der Waals surface area contributed by atoms with E-state index in [1.54, 1.807) is 12.2 Å². The molecule has 1 rings (SSSR count). The Hall–Kier alpha value is -3.33. The number of carbonyl (C=O) groups is 2. The Kier molecular flexibility index (Phi) is 15.3. The summed E-state index contributed by atoms with van der Waals surface area (Å²) in [7, 11) is 1.86. The van der Waals surface area contributed by atoms with Crippen LogP contribution >= 0.6 is 0 Å². The highest BCUT2D eigenvalue weighted by Crippen LogP contribution is 2.15. The zero-order chi connectivity index (χ0) is 25.0. The molecule has 0 bridgehead atoms. The molecule has 0 atom stereocenters. The van der Waals surface area contributed by atoms with Gasteiger partial charge in [0.1, 0.15) is 11.6 Å². The third-order valence-electron chi connectivity index (χ3n) is 5.34. The van der Waals surface area contributed by atoms with Crippen LogP contribution in [0.4, 0.5) is 5.69 Å². The fraction of sp³-hybridized carbons (Fsp3) is 0.464. The Labute approximate surface area is 204 Å². The minimum absolute atomic E-state index is 0.0158. The fourth-order valence-electron chi connectivity index (χ4n) is 3.24. The summed E-state index contributed by atoms with van der Waals surface area (Å²) >= 11 is 0. The van der Waals surface area contributed by atoms with Crippen LogP contribution in [0, 0.1) is 11.3 Å². The number of carbonyl (C=O) groups excluding carboxylic acids is 1. The summed E-state index contributed by atoms with van der Waals surface area (Å²) in [5.41, 5.74) is 1.91. The molecular formula is C28H38N2O4. The summed E-state index contributed by atoms with van der Waals surface area (Å²) in [6.07, 6.45) is 18.0. The van der Waals surface area contributed by atoms with Crippen molar-refractivity contribution in [2.45, 2.75) is 64.7 Å². The van der Waals surface area contributed by atoms with Crippen LogP contribution in [-0.2, 0) is 14.3 Å². The lowest BCUT2D eigenvalue weighted by Crippen LogP contribution is -2.20. The Morgan fingerprint density at radius 3 is 2.26 bits per heavy atom. The van der Waals surface area contributed by atoms with Crippen molar-refractivity contribution in [2.75, 3.05) is 25.1 Å². The van der Waals surface area contributed by atoms with Gasteiger partial charge in [0.05, 0.1) is 13.0 Å². The molecule has 0 saturated heterocycles. The number of allylic oxidation sites excluding steroid dienone is 4. The first-order valence-electron chi connectivity index (χ1n) is 12.1. The van der Waals surface area contributed by atoms with Gasteiger partial charge < -0.3 is 14.7 Å². The summed E-state index contributed by atoms with van der Waals surface area (Å²) in [6.45, 7) is 3.00. The van der Waals surface area contributed by atoms with Gasteiger partial charge >= 0.3 is 11.9 Å². The van der Waals surface area contributed by atoms with Crippen molar-refractivity contribution in [3.63, 3.8) is 0 Å². The maximum absolute atomic E-state index is 12.0. The molecule has 1 N–H and O–H groups in total. The van der Waals surface area contributed by atoms with Crippen LogP contribution in [0.15, 0.2) is 54.1 Å². The van der Waals surface area contributed by atoms with Crippen LogP contribution in [0.25, 0.3) is 6.08 Å². The molecule has 184 valence electrons. The quantitative estimate of drug-likeness (QED) is 0.0952. The first-order chi connectivity index (χ1) is 16.5. The molecule has 0 aliphatic rings. The molecule has 6 heteroatoms. The molecule has 1 aromatic rings. The molecule has 6 nitrogen and oxygen atoms in total. The molecule has 34 heavy (non-hydrogen) atoms. The van der Waals surface area contributed by atoms with E-state index < -0.39 is 11.9 Å². The number of anilines is 1. The number of carboxylic acids is 1. The van der Waals surface area contributed by atoms with Gasteiger partial charge in [-0.05, 0) is 30.2 Å². The second-order valence-electron chi connectivity index (χ2n) is 8.20. The predicted molar refractivity (Wildman–Crippen MR) is 137 cm³/mol. The molecule has 0 saturated carbocycles. The Morgan fingerprint density at radius 2 is 1.65 bits per heavy atom. The van der Waals surface area contributed by atoms with Gasteiger partial charge in [-0.25, -0.2) is 4.79 Å². The van der Waals surface area contributed by atoms with E-state index in [0.29, 0.717) is 13.2 Å². The predicted octanol–water partition coefficient (Wildman–Crippen LogP) is 6.30. The largest absolute Gasteiger partial charge is 0.481 e. The number of carboxylic acid groups (broad SMARTS) is 1. The van der Waals surface area contributed by atoms with E-state index in [1.807, 2.05) is 54.4 Å². The highest BCUT2D eigenvalue weighted by Gasteiger charge is 2.08. The number of rotatable bonds is 17. The minimum Gasteiger partial charge on any atom is -0.481 e. The number of benzene rings is 1. The van der Waals surface area contributed by atoms with Gasteiger partial charge in [-0.15, -0.1) is 0 Å². The van der Waals surface area contributed by atoms with Crippen molar-refractivity contribution in [1.82, 2.24) is 0 Å². The van der Waals surface area contributed by atoms with Crippen LogP contribution in [0.2, 0.25) is 0 Å². The molecule has 0 aromatic heterocycles. The molecule has 0 radical (unpaired) electrons. The highest BCUT2D eigenvalue weighted by atomic mass is 16.5. The molecular weight excluding hydrogens is 428 g/mol. The van der Waals surface area contributed by atoms with Crippen LogP contribution in [0.1, 0.15) is 70.3 Å². The van der Waals surface area contributed by atoms with E-state index >= 15 is 0 Å². The van der Waals surface area contributed by atoms with E-state index in [1.165, 1.54) is 38.2 Å². The SMILES string of the molecule is CCCCCCCCCCOC(=O)C(C#N)=CC=CC=Cc1ccc(N(C)CCC(=O)O)cc1. The molecule has 1 aromatic carbocycles. The standard InChI is InChI=1S/C28H38N2O4/c1-3-4-5-6-7-8-9-13-22-34-28(33)25(23-29)15-12-10-11-14-24-16-18-26(19-17-24)30(2)21-20-27(31)32/h10-12,14-19H,3-9,13,20-22H2,1-2H3,(H,31,32).